The maximum absolute atomic E-state index is 10.9. The minimum absolute atomic E-state index is 0.142. The summed E-state index contributed by atoms with van der Waals surface area (Å²) in [4.78, 5) is 0. The predicted octanol–water partition coefficient (Wildman–Crippen LogP) is 3.56. The fourth-order valence-electron chi connectivity index (χ4n) is 4.95. The molecule has 2 fully saturated rings. The number of hydrogen-bond acceptors (Lipinski definition) is 6. The van der Waals surface area contributed by atoms with Gasteiger partial charge in [-0.2, -0.15) is 0 Å². The average molecular weight is 462 g/mol. The van der Waals surface area contributed by atoms with Gasteiger partial charge in [-0.3, -0.25) is 0 Å². The Morgan fingerprint density at radius 3 is 1.76 bits per heavy atom. The molecule has 2 aliphatic heterocycles. The van der Waals surface area contributed by atoms with Crippen LogP contribution in [0.25, 0.3) is 0 Å². The minimum atomic E-state index is -0.912. The van der Waals surface area contributed by atoms with Crippen LogP contribution in [0.2, 0.25) is 0 Å². The van der Waals surface area contributed by atoms with Crippen LogP contribution in [0.5, 0.6) is 0 Å². The van der Waals surface area contributed by atoms with Crippen molar-refractivity contribution >= 4 is 0 Å². The van der Waals surface area contributed by atoms with Gasteiger partial charge in [0.05, 0.1) is 12.6 Å². The Labute approximate surface area is 200 Å². The highest BCUT2D eigenvalue weighted by molar-refractivity contribution is 5.47. The number of benzene rings is 3. The van der Waals surface area contributed by atoms with Crippen LogP contribution in [0.3, 0.4) is 0 Å². The van der Waals surface area contributed by atoms with Gasteiger partial charge in [0, 0.05) is 0 Å². The van der Waals surface area contributed by atoms with E-state index in [1.807, 2.05) is 54.6 Å². The summed E-state index contributed by atoms with van der Waals surface area (Å²) in [5.74, 6) is -0.801. The molecule has 0 aliphatic carbocycles. The van der Waals surface area contributed by atoms with Crippen molar-refractivity contribution in [2.45, 2.75) is 55.9 Å². The van der Waals surface area contributed by atoms with Crippen molar-refractivity contribution in [1.29, 1.82) is 0 Å². The zero-order valence-corrected chi connectivity index (χ0v) is 19.4. The Hall–Kier alpha value is -2.58. The lowest BCUT2D eigenvalue weighted by molar-refractivity contribution is -0.218. The van der Waals surface area contributed by atoms with Crippen LogP contribution >= 0.6 is 0 Å². The standard InChI is InChI=1S/C28H31NO5/c1-27(2)33-25-23(30)24(32-26(25)34-27)22(29)18-31-28(19-12-6-3-7-13-19,20-14-8-4-9-15-20)21-16-10-5-11-17-21/h3-17,22-26,30H,18,29H2,1-2H3/t22-,23+,24-,25-,26+/m0/s1. The van der Waals surface area contributed by atoms with Crippen molar-refractivity contribution in [3.63, 3.8) is 0 Å². The third-order valence-corrected chi connectivity index (χ3v) is 6.51. The number of aliphatic hydroxyl groups excluding tert-OH is 1. The quantitative estimate of drug-likeness (QED) is 0.524. The van der Waals surface area contributed by atoms with Gasteiger partial charge >= 0.3 is 0 Å². The molecule has 6 nitrogen and oxygen atoms in total. The molecule has 178 valence electrons. The van der Waals surface area contributed by atoms with E-state index in [2.05, 4.69) is 36.4 Å². The lowest BCUT2D eigenvalue weighted by Crippen LogP contribution is -2.49. The molecule has 0 bridgehead atoms. The van der Waals surface area contributed by atoms with Gasteiger partial charge in [-0.1, -0.05) is 91.0 Å². The van der Waals surface area contributed by atoms with Gasteiger partial charge in [-0.05, 0) is 30.5 Å². The zero-order chi connectivity index (χ0) is 23.8. The van der Waals surface area contributed by atoms with Gasteiger partial charge in [0.2, 0.25) is 0 Å². The third kappa shape index (κ3) is 4.18. The van der Waals surface area contributed by atoms with Crippen LogP contribution in [-0.2, 0) is 24.5 Å². The van der Waals surface area contributed by atoms with Gasteiger partial charge in [0.15, 0.2) is 12.1 Å². The maximum atomic E-state index is 10.9. The summed E-state index contributed by atoms with van der Waals surface area (Å²) in [6.45, 7) is 3.74. The van der Waals surface area contributed by atoms with Crippen molar-refractivity contribution in [3.8, 4) is 0 Å². The predicted molar refractivity (Wildman–Crippen MR) is 128 cm³/mol. The smallest absolute Gasteiger partial charge is 0.190 e. The summed E-state index contributed by atoms with van der Waals surface area (Å²) < 4.78 is 24.4. The minimum Gasteiger partial charge on any atom is -0.387 e. The first-order chi connectivity index (χ1) is 16.4. The van der Waals surface area contributed by atoms with Crippen LogP contribution in [0.1, 0.15) is 30.5 Å². The second kappa shape index (κ2) is 9.23. The first-order valence-electron chi connectivity index (χ1n) is 11.7. The highest BCUT2D eigenvalue weighted by Gasteiger charge is 2.55. The molecule has 34 heavy (non-hydrogen) atoms. The Balaban J connectivity index is 1.46. The van der Waals surface area contributed by atoms with E-state index in [0.717, 1.165) is 16.7 Å². The highest BCUT2D eigenvalue weighted by Crippen LogP contribution is 2.42. The Bertz CT molecular complexity index is 979. The number of ether oxygens (including phenoxy) is 4. The zero-order valence-electron chi connectivity index (χ0n) is 19.4. The lowest BCUT2D eigenvalue weighted by Gasteiger charge is -2.37. The van der Waals surface area contributed by atoms with Crippen LogP contribution in [0.4, 0.5) is 0 Å². The Kier molecular flexibility index (Phi) is 6.29. The second-order valence-electron chi connectivity index (χ2n) is 9.31. The van der Waals surface area contributed by atoms with E-state index < -0.39 is 42.0 Å². The Morgan fingerprint density at radius 1 is 0.853 bits per heavy atom. The molecule has 0 unspecified atom stereocenters. The molecule has 2 aliphatic rings. The van der Waals surface area contributed by atoms with E-state index >= 15 is 0 Å². The molecule has 6 heteroatoms. The number of fused-ring (bicyclic) bond motifs is 1. The van der Waals surface area contributed by atoms with E-state index in [1.165, 1.54) is 0 Å². The van der Waals surface area contributed by atoms with Gasteiger partial charge in [-0.25, -0.2) is 0 Å². The van der Waals surface area contributed by atoms with E-state index in [9.17, 15) is 5.11 Å². The molecular weight excluding hydrogens is 430 g/mol. The molecule has 0 saturated carbocycles. The normalized spacial score (nSPS) is 26.8. The van der Waals surface area contributed by atoms with Crippen molar-refractivity contribution in [1.82, 2.24) is 0 Å². The van der Waals surface area contributed by atoms with E-state index in [-0.39, 0.29) is 6.61 Å². The molecule has 2 saturated heterocycles. The van der Waals surface area contributed by atoms with Crippen LogP contribution in [0, 0.1) is 0 Å². The molecule has 5 atom stereocenters. The molecule has 3 aromatic rings. The first kappa shape index (κ1) is 23.2. The van der Waals surface area contributed by atoms with Crippen molar-refractivity contribution in [3.05, 3.63) is 108 Å². The third-order valence-electron chi connectivity index (χ3n) is 6.51. The molecule has 2 heterocycles. The SMILES string of the molecule is CC1(C)O[C@H]2O[C@@H]([C@@H](N)COC(c3ccccc3)(c3ccccc3)c3ccccc3)[C@@H](O)[C@@H]2O1. The van der Waals surface area contributed by atoms with Gasteiger partial charge in [0.1, 0.15) is 23.9 Å². The number of nitrogens with two attached hydrogens (primary N) is 1. The summed E-state index contributed by atoms with van der Waals surface area (Å²) in [5, 5.41) is 10.9. The fourth-order valence-corrected chi connectivity index (χ4v) is 4.95. The summed E-state index contributed by atoms with van der Waals surface area (Å²) in [6, 6.07) is 29.7. The van der Waals surface area contributed by atoms with Crippen molar-refractivity contribution < 1.29 is 24.1 Å². The average Bonchev–Trinajstić information content (AvgIpc) is 3.33. The van der Waals surface area contributed by atoms with Crippen molar-refractivity contribution in [2.24, 2.45) is 5.73 Å². The van der Waals surface area contributed by atoms with E-state index in [4.69, 9.17) is 24.7 Å². The van der Waals surface area contributed by atoms with Crippen LogP contribution < -0.4 is 5.73 Å². The molecule has 0 amide bonds. The number of rotatable bonds is 7. The largest absolute Gasteiger partial charge is 0.387 e. The number of aliphatic hydroxyl groups is 1. The summed E-state index contributed by atoms with van der Waals surface area (Å²) >= 11 is 0. The van der Waals surface area contributed by atoms with Gasteiger partial charge in [-0.15, -0.1) is 0 Å². The van der Waals surface area contributed by atoms with E-state index in [1.54, 1.807) is 13.8 Å². The fraction of sp³-hybridized carbons (Fsp3) is 0.357. The molecular formula is C28H31NO5. The van der Waals surface area contributed by atoms with Crippen LogP contribution in [0.15, 0.2) is 91.0 Å². The topological polar surface area (TPSA) is 83.2 Å². The van der Waals surface area contributed by atoms with Gasteiger partial charge in [0.25, 0.3) is 0 Å². The second-order valence-corrected chi connectivity index (χ2v) is 9.31. The van der Waals surface area contributed by atoms with Gasteiger partial charge < -0.3 is 29.8 Å². The van der Waals surface area contributed by atoms with E-state index in [0.29, 0.717) is 0 Å². The summed E-state index contributed by atoms with van der Waals surface area (Å²) in [5.41, 5.74) is 8.62. The maximum Gasteiger partial charge on any atom is 0.190 e. The first-order valence-corrected chi connectivity index (χ1v) is 11.7. The molecule has 0 aromatic heterocycles. The summed E-state index contributed by atoms with van der Waals surface area (Å²) in [7, 11) is 0. The van der Waals surface area contributed by atoms with Crippen molar-refractivity contribution in [2.75, 3.05) is 6.61 Å². The molecule has 0 radical (unpaired) electrons. The molecule has 3 N–H and O–H groups in total. The lowest BCUT2D eigenvalue weighted by atomic mass is 9.80. The van der Waals surface area contributed by atoms with Crippen LogP contribution in [-0.4, -0.2) is 48.1 Å². The monoisotopic (exact) mass is 461 g/mol. The molecule has 0 spiro atoms. The Morgan fingerprint density at radius 2 is 1.32 bits per heavy atom. The highest BCUT2D eigenvalue weighted by atomic mass is 16.8. The molecule has 5 rings (SSSR count). The number of hydrogen-bond donors (Lipinski definition) is 2. The molecule has 3 aromatic carbocycles. The summed E-state index contributed by atoms with van der Waals surface area (Å²) in [6.07, 6.45) is -2.81.